The average molecular weight is 263 g/mol. The van der Waals surface area contributed by atoms with Crippen LogP contribution in [0.1, 0.15) is 45.4 Å². The second kappa shape index (κ2) is 14.4. The van der Waals surface area contributed by atoms with Gasteiger partial charge in [-0.2, -0.15) is 0 Å². The molecule has 0 bridgehead atoms. The Bertz CT molecular complexity index is 117. The van der Waals surface area contributed by atoms with Gasteiger partial charge in [-0.3, -0.25) is 0 Å². The molecular formula is C9H19KS3. The molecule has 0 rings (SSSR count). The molecule has 0 saturated heterocycles. The van der Waals surface area contributed by atoms with E-state index in [1.54, 1.807) is 11.8 Å². The van der Waals surface area contributed by atoms with Gasteiger partial charge in [-0.15, -0.1) is 24.4 Å². The molecule has 0 aliphatic rings. The fourth-order valence-electron chi connectivity index (χ4n) is 1.04. The van der Waals surface area contributed by atoms with Gasteiger partial charge >= 0.3 is 51.4 Å². The molecule has 4 heteroatoms. The van der Waals surface area contributed by atoms with Gasteiger partial charge in [0.1, 0.15) is 3.53 Å². The molecule has 0 saturated carbocycles. The molecule has 0 aromatic rings. The molecule has 0 heterocycles. The summed E-state index contributed by atoms with van der Waals surface area (Å²) in [6.45, 7) is 2.25. The van der Waals surface area contributed by atoms with Crippen LogP contribution in [0.2, 0.25) is 0 Å². The van der Waals surface area contributed by atoms with Crippen molar-refractivity contribution in [2.24, 2.45) is 0 Å². The zero-order valence-corrected chi connectivity index (χ0v) is 10.2. The predicted octanol–water partition coefficient (Wildman–Crippen LogP) is 3.65. The van der Waals surface area contributed by atoms with E-state index in [9.17, 15) is 0 Å². The first-order chi connectivity index (χ1) is 5.77. The van der Waals surface area contributed by atoms with Crippen LogP contribution in [0.15, 0.2) is 0 Å². The zero-order valence-electron chi connectivity index (χ0n) is 7.71. The quantitative estimate of drug-likeness (QED) is 0.322. The summed E-state index contributed by atoms with van der Waals surface area (Å²) in [6, 6.07) is 0. The van der Waals surface area contributed by atoms with E-state index in [0.717, 1.165) is 9.28 Å². The normalized spacial score (nSPS) is 9.38. The SMILES string of the molecule is CCCCCCCCSC(=S)S.[KH]. The molecule has 0 aliphatic carbocycles. The second-order valence-corrected chi connectivity index (χ2v) is 5.71. The summed E-state index contributed by atoms with van der Waals surface area (Å²) in [5, 5.41) is 0. The first-order valence-electron chi connectivity index (χ1n) is 4.63. The summed E-state index contributed by atoms with van der Waals surface area (Å²) < 4.78 is 0.781. The predicted molar refractivity (Wildman–Crippen MR) is 74.6 cm³/mol. The van der Waals surface area contributed by atoms with E-state index in [0.29, 0.717) is 0 Å². The Morgan fingerprint density at radius 2 is 1.69 bits per heavy atom. The van der Waals surface area contributed by atoms with Crippen LogP contribution in [0.3, 0.4) is 0 Å². The third-order valence-corrected chi connectivity index (χ3v) is 3.20. The molecule has 0 unspecified atom stereocenters. The molecule has 0 nitrogen and oxygen atoms in total. The first kappa shape index (κ1) is 17.8. The van der Waals surface area contributed by atoms with Crippen molar-refractivity contribution in [2.75, 3.05) is 5.75 Å². The number of thiocarbonyl (C=S) groups is 1. The maximum absolute atomic E-state index is 4.84. The first-order valence-corrected chi connectivity index (χ1v) is 6.47. The molecule has 74 valence electrons. The number of hydrogen-bond donors (Lipinski definition) is 1. The second-order valence-electron chi connectivity index (χ2n) is 2.88. The van der Waals surface area contributed by atoms with Crippen LogP contribution in [0.4, 0.5) is 0 Å². The Morgan fingerprint density at radius 3 is 2.23 bits per heavy atom. The van der Waals surface area contributed by atoms with Crippen molar-refractivity contribution in [3.8, 4) is 0 Å². The average Bonchev–Trinajstić information content (AvgIpc) is 2.02. The monoisotopic (exact) mass is 262 g/mol. The molecule has 13 heavy (non-hydrogen) atoms. The molecule has 0 radical (unpaired) electrons. The van der Waals surface area contributed by atoms with Crippen molar-refractivity contribution >= 4 is 91.5 Å². The van der Waals surface area contributed by atoms with Crippen LogP contribution < -0.4 is 0 Å². The zero-order chi connectivity index (χ0) is 9.23. The van der Waals surface area contributed by atoms with Gasteiger partial charge in [-0.25, -0.2) is 0 Å². The van der Waals surface area contributed by atoms with Gasteiger partial charge in [0.05, 0.1) is 0 Å². The van der Waals surface area contributed by atoms with Gasteiger partial charge in [0, 0.05) is 0 Å². The fourth-order valence-corrected chi connectivity index (χ4v) is 2.09. The number of unbranched alkanes of at least 4 members (excludes halogenated alkanes) is 5. The fraction of sp³-hybridized carbons (Fsp3) is 0.889. The molecule has 0 atom stereocenters. The van der Waals surface area contributed by atoms with Gasteiger partial charge in [0.15, 0.2) is 0 Å². The molecule has 0 aromatic heterocycles. The van der Waals surface area contributed by atoms with Crippen LogP contribution in [0.5, 0.6) is 0 Å². The van der Waals surface area contributed by atoms with E-state index in [1.165, 1.54) is 38.5 Å². The Labute approximate surface area is 140 Å². The van der Waals surface area contributed by atoms with Crippen molar-refractivity contribution in [1.29, 1.82) is 0 Å². The summed E-state index contributed by atoms with van der Waals surface area (Å²) >= 11 is 10.6. The minimum absolute atomic E-state index is 0. The van der Waals surface area contributed by atoms with E-state index in [1.807, 2.05) is 0 Å². The van der Waals surface area contributed by atoms with Crippen molar-refractivity contribution in [3.05, 3.63) is 0 Å². The summed E-state index contributed by atoms with van der Waals surface area (Å²) in [7, 11) is 0. The number of rotatable bonds is 7. The minimum atomic E-state index is 0. The Hall–Kier alpha value is 2.43. The summed E-state index contributed by atoms with van der Waals surface area (Å²) in [5.74, 6) is 1.15. The molecule has 0 fully saturated rings. The molecule has 0 amide bonds. The van der Waals surface area contributed by atoms with E-state index < -0.39 is 0 Å². The van der Waals surface area contributed by atoms with Crippen LogP contribution in [0, 0.1) is 0 Å². The Balaban J connectivity index is 0. The van der Waals surface area contributed by atoms with Gasteiger partial charge in [-0.05, 0) is 12.2 Å². The third kappa shape index (κ3) is 17.1. The number of thiol groups is 1. The number of hydrogen-bond acceptors (Lipinski definition) is 2. The number of thioether (sulfide) groups is 1. The summed E-state index contributed by atoms with van der Waals surface area (Å²) in [6.07, 6.45) is 8.13. The Morgan fingerprint density at radius 1 is 1.15 bits per heavy atom. The van der Waals surface area contributed by atoms with Crippen molar-refractivity contribution in [2.45, 2.75) is 45.4 Å². The molecular weight excluding hydrogens is 243 g/mol. The summed E-state index contributed by atoms with van der Waals surface area (Å²) in [5.41, 5.74) is 0. The van der Waals surface area contributed by atoms with E-state index in [-0.39, 0.29) is 51.4 Å². The van der Waals surface area contributed by atoms with Gasteiger partial charge in [0.2, 0.25) is 0 Å². The van der Waals surface area contributed by atoms with E-state index >= 15 is 0 Å². The standard InChI is InChI=1S/C9H18S3.K.H/c1-2-3-4-5-6-7-8-12-9(10)11;;/h2-8H2,1H3,(H,10,11);;. The summed E-state index contributed by atoms with van der Waals surface area (Å²) in [4.78, 5) is 0. The topological polar surface area (TPSA) is 0 Å². The maximum atomic E-state index is 4.84. The molecule has 0 N–H and O–H groups in total. The van der Waals surface area contributed by atoms with E-state index in [2.05, 4.69) is 19.6 Å². The molecule has 0 spiro atoms. The third-order valence-electron chi connectivity index (χ3n) is 1.72. The van der Waals surface area contributed by atoms with Crippen molar-refractivity contribution in [3.63, 3.8) is 0 Å². The van der Waals surface area contributed by atoms with Crippen LogP contribution in [-0.4, -0.2) is 60.7 Å². The van der Waals surface area contributed by atoms with Gasteiger partial charge in [-0.1, -0.05) is 51.2 Å². The van der Waals surface area contributed by atoms with Crippen LogP contribution in [-0.2, 0) is 0 Å². The molecule has 0 aliphatic heterocycles. The Kier molecular flexibility index (Phi) is 19.8. The van der Waals surface area contributed by atoms with Crippen LogP contribution in [0.25, 0.3) is 0 Å². The van der Waals surface area contributed by atoms with Crippen molar-refractivity contribution < 1.29 is 0 Å². The van der Waals surface area contributed by atoms with Crippen LogP contribution >= 0.6 is 36.6 Å². The van der Waals surface area contributed by atoms with E-state index in [4.69, 9.17) is 12.2 Å². The van der Waals surface area contributed by atoms with Crippen molar-refractivity contribution in [1.82, 2.24) is 0 Å². The van der Waals surface area contributed by atoms with Gasteiger partial charge < -0.3 is 0 Å². The van der Waals surface area contributed by atoms with Gasteiger partial charge in [0.25, 0.3) is 0 Å². The molecule has 0 aromatic carbocycles.